The van der Waals surface area contributed by atoms with Crippen LogP contribution in [0.2, 0.25) is 0 Å². The van der Waals surface area contributed by atoms with Crippen molar-refractivity contribution in [2.75, 3.05) is 19.8 Å². The molecule has 5 aliphatic rings. The zero-order valence-electron chi connectivity index (χ0n) is 15.3. The molecule has 1 aliphatic heterocycles. The van der Waals surface area contributed by atoms with Gasteiger partial charge in [-0.15, -0.1) is 0 Å². The summed E-state index contributed by atoms with van der Waals surface area (Å²) in [6, 6.07) is 0. The minimum atomic E-state index is -0.377. The molecule has 0 unspecified atom stereocenters. The lowest BCUT2D eigenvalue weighted by atomic mass is 9.51. The van der Waals surface area contributed by atoms with Gasteiger partial charge in [-0.1, -0.05) is 18.1 Å². The summed E-state index contributed by atoms with van der Waals surface area (Å²) in [5.41, 5.74) is 3.02. The Balaban J connectivity index is 1.49. The van der Waals surface area contributed by atoms with Crippen LogP contribution in [0.1, 0.15) is 58.3 Å². The number of rotatable bonds is 1. The van der Waals surface area contributed by atoms with E-state index in [2.05, 4.69) is 6.92 Å². The van der Waals surface area contributed by atoms with Gasteiger partial charge in [0.1, 0.15) is 5.78 Å². The number of ketones is 1. The molecule has 5 rings (SSSR count). The first kappa shape index (κ1) is 16.5. The minimum Gasteiger partial charge on any atom is -0.396 e. The summed E-state index contributed by atoms with van der Waals surface area (Å²) in [6.45, 7) is 3.87. The molecular formula is C21H30O4. The number of carbonyl (C=O) groups excluding carboxylic acids is 1. The third kappa shape index (κ3) is 2.26. The van der Waals surface area contributed by atoms with Crippen molar-refractivity contribution >= 4 is 5.78 Å². The molecule has 0 radical (unpaired) electrons. The van der Waals surface area contributed by atoms with Crippen LogP contribution in [0, 0.1) is 29.1 Å². The number of allylic oxidation sites excluding steroid dienone is 1. The Bertz CT molecular complexity index is 617. The van der Waals surface area contributed by atoms with Crippen LogP contribution >= 0.6 is 0 Å². The minimum absolute atomic E-state index is 0.125. The summed E-state index contributed by atoms with van der Waals surface area (Å²) >= 11 is 0. The van der Waals surface area contributed by atoms with Gasteiger partial charge < -0.3 is 14.6 Å². The van der Waals surface area contributed by atoms with E-state index in [1.165, 1.54) is 5.57 Å². The van der Waals surface area contributed by atoms with Gasteiger partial charge >= 0.3 is 0 Å². The van der Waals surface area contributed by atoms with Gasteiger partial charge in [-0.25, -0.2) is 0 Å². The molecule has 1 spiro atoms. The molecule has 1 saturated heterocycles. The van der Waals surface area contributed by atoms with Gasteiger partial charge in [-0.2, -0.15) is 0 Å². The molecule has 3 fully saturated rings. The van der Waals surface area contributed by atoms with Gasteiger partial charge in [0, 0.05) is 31.3 Å². The summed E-state index contributed by atoms with van der Waals surface area (Å²) in [5.74, 6) is 1.94. The molecule has 0 aromatic carbocycles. The number of carbonyl (C=O) groups is 1. The van der Waals surface area contributed by atoms with Gasteiger partial charge in [-0.05, 0) is 55.8 Å². The maximum atomic E-state index is 12.5. The Labute approximate surface area is 150 Å². The molecule has 5 atom stereocenters. The van der Waals surface area contributed by atoms with Crippen molar-refractivity contribution in [1.82, 2.24) is 0 Å². The fourth-order valence-corrected chi connectivity index (χ4v) is 7.09. The Morgan fingerprint density at radius 3 is 2.72 bits per heavy atom. The van der Waals surface area contributed by atoms with Crippen LogP contribution in [0.4, 0.5) is 0 Å². The van der Waals surface area contributed by atoms with E-state index in [4.69, 9.17) is 9.47 Å². The molecule has 0 aromatic rings. The maximum Gasteiger partial charge on any atom is 0.172 e. The summed E-state index contributed by atoms with van der Waals surface area (Å²) in [6.07, 6.45) is 7.85. The number of hydrogen-bond acceptors (Lipinski definition) is 4. The zero-order valence-corrected chi connectivity index (χ0v) is 15.3. The first-order valence-corrected chi connectivity index (χ1v) is 10.2. The molecule has 2 saturated carbocycles. The SMILES string of the molecule is C[C@]12CC[C@@H]3C4=C(C[C@@H](CO)[C@H]3[C@@H]1CCC2=O)CC1(CC4)OCCO1. The Hall–Kier alpha value is -0.710. The van der Waals surface area contributed by atoms with E-state index in [1.807, 2.05) is 0 Å². The molecule has 0 aromatic heterocycles. The quantitative estimate of drug-likeness (QED) is 0.741. The number of ether oxygens (including phenoxy) is 2. The lowest BCUT2D eigenvalue weighted by Gasteiger charge is -2.53. The van der Waals surface area contributed by atoms with Crippen LogP contribution in [0.15, 0.2) is 11.1 Å². The number of aliphatic hydroxyl groups is 1. The highest BCUT2D eigenvalue weighted by Gasteiger charge is 2.58. The van der Waals surface area contributed by atoms with E-state index in [1.54, 1.807) is 5.57 Å². The molecular weight excluding hydrogens is 316 g/mol. The lowest BCUT2D eigenvalue weighted by Crippen LogP contribution is -2.49. The van der Waals surface area contributed by atoms with E-state index in [-0.39, 0.29) is 17.8 Å². The summed E-state index contributed by atoms with van der Waals surface area (Å²) < 4.78 is 11.9. The van der Waals surface area contributed by atoms with Gasteiger partial charge in [0.15, 0.2) is 5.79 Å². The van der Waals surface area contributed by atoms with Gasteiger partial charge in [0.05, 0.1) is 13.2 Å². The number of fused-ring (bicyclic) bond motifs is 4. The second kappa shape index (κ2) is 5.64. The summed E-state index contributed by atoms with van der Waals surface area (Å²) in [5, 5.41) is 10.2. The smallest absolute Gasteiger partial charge is 0.172 e. The number of Topliss-reactive ketones (excluding diaryl/α,β-unsaturated/α-hetero) is 1. The van der Waals surface area contributed by atoms with Crippen LogP contribution in [-0.4, -0.2) is 36.5 Å². The fraction of sp³-hybridized carbons (Fsp3) is 0.857. The van der Waals surface area contributed by atoms with E-state index >= 15 is 0 Å². The third-order valence-corrected chi connectivity index (χ3v) is 8.30. The van der Waals surface area contributed by atoms with Crippen molar-refractivity contribution < 1.29 is 19.4 Å². The van der Waals surface area contributed by atoms with Crippen molar-refractivity contribution in [3.8, 4) is 0 Å². The molecule has 0 amide bonds. The zero-order chi connectivity index (χ0) is 17.2. The lowest BCUT2D eigenvalue weighted by molar-refractivity contribution is -0.167. The van der Waals surface area contributed by atoms with Crippen LogP contribution in [0.5, 0.6) is 0 Å². The van der Waals surface area contributed by atoms with E-state index in [0.29, 0.717) is 42.7 Å². The molecule has 4 nitrogen and oxygen atoms in total. The Kier molecular flexibility index (Phi) is 3.71. The first-order chi connectivity index (χ1) is 12.1. The first-order valence-electron chi connectivity index (χ1n) is 10.2. The fourth-order valence-electron chi connectivity index (χ4n) is 7.09. The molecule has 25 heavy (non-hydrogen) atoms. The molecule has 4 heteroatoms. The largest absolute Gasteiger partial charge is 0.396 e. The van der Waals surface area contributed by atoms with Gasteiger partial charge in [-0.3, -0.25) is 4.79 Å². The maximum absolute atomic E-state index is 12.5. The predicted octanol–water partition coefficient (Wildman–Crippen LogP) is 3.23. The van der Waals surface area contributed by atoms with Gasteiger partial charge in [0.2, 0.25) is 0 Å². The highest BCUT2D eigenvalue weighted by atomic mass is 16.7. The predicted molar refractivity (Wildman–Crippen MR) is 92.8 cm³/mol. The van der Waals surface area contributed by atoms with E-state index < -0.39 is 0 Å². The normalized spacial score (nSPS) is 45.4. The number of hydrogen-bond donors (Lipinski definition) is 1. The topological polar surface area (TPSA) is 55.8 Å². The molecule has 1 heterocycles. The van der Waals surface area contributed by atoms with Crippen molar-refractivity contribution in [2.45, 2.75) is 64.1 Å². The monoisotopic (exact) mass is 346 g/mol. The van der Waals surface area contributed by atoms with Crippen molar-refractivity contribution in [2.24, 2.45) is 29.1 Å². The molecule has 138 valence electrons. The van der Waals surface area contributed by atoms with Crippen LogP contribution < -0.4 is 0 Å². The standard InChI is InChI=1S/C21H30O4/c1-20-6-4-16-15-5-7-21(24-8-9-25-21)11-13(15)10-14(12-22)19(16)17(20)2-3-18(20)23/h14,16-17,19,22H,2-12H2,1H3/t14-,16+,17-,19+,20-/m0/s1. The van der Waals surface area contributed by atoms with Crippen molar-refractivity contribution in [1.29, 1.82) is 0 Å². The second-order valence-electron chi connectivity index (χ2n) is 9.27. The summed E-state index contributed by atoms with van der Waals surface area (Å²) in [7, 11) is 0. The Morgan fingerprint density at radius 1 is 1.16 bits per heavy atom. The van der Waals surface area contributed by atoms with E-state index in [0.717, 1.165) is 51.4 Å². The van der Waals surface area contributed by atoms with Crippen LogP contribution in [-0.2, 0) is 14.3 Å². The van der Waals surface area contributed by atoms with Crippen LogP contribution in [0.25, 0.3) is 0 Å². The Morgan fingerprint density at radius 2 is 1.96 bits per heavy atom. The highest BCUT2D eigenvalue weighted by molar-refractivity contribution is 5.87. The van der Waals surface area contributed by atoms with E-state index in [9.17, 15) is 9.90 Å². The molecule has 4 aliphatic carbocycles. The van der Waals surface area contributed by atoms with Crippen LogP contribution in [0.3, 0.4) is 0 Å². The highest BCUT2D eigenvalue weighted by Crippen LogP contribution is 2.62. The average Bonchev–Trinajstić information content (AvgIpc) is 3.18. The number of aliphatic hydroxyl groups excluding tert-OH is 1. The second-order valence-corrected chi connectivity index (χ2v) is 9.27. The molecule has 0 bridgehead atoms. The van der Waals surface area contributed by atoms with Crippen molar-refractivity contribution in [3.63, 3.8) is 0 Å². The average molecular weight is 346 g/mol. The van der Waals surface area contributed by atoms with Crippen molar-refractivity contribution in [3.05, 3.63) is 11.1 Å². The summed E-state index contributed by atoms with van der Waals surface area (Å²) in [4.78, 5) is 12.5. The third-order valence-electron chi connectivity index (χ3n) is 8.30. The molecule has 1 N–H and O–H groups in total. The van der Waals surface area contributed by atoms with Gasteiger partial charge in [0.25, 0.3) is 0 Å².